The lowest BCUT2D eigenvalue weighted by Crippen LogP contribution is -2.43. The molecule has 35 heavy (non-hydrogen) atoms. The fraction of sp³-hybridized carbons (Fsp3) is 0.120. The monoisotopic (exact) mass is 490 g/mol. The number of ether oxygens (including phenoxy) is 1. The maximum atomic E-state index is 12.9. The second-order valence-electron chi connectivity index (χ2n) is 7.66. The third kappa shape index (κ3) is 5.92. The van der Waals surface area contributed by atoms with Gasteiger partial charge in [-0.15, -0.1) is 11.3 Å². The molecule has 0 saturated carbocycles. The summed E-state index contributed by atoms with van der Waals surface area (Å²) in [5.41, 5.74) is 7.65. The maximum Gasteiger partial charge on any atom is 0.329 e. The van der Waals surface area contributed by atoms with Gasteiger partial charge in [0.1, 0.15) is 6.04 Å². The number of benzene rings is 2. The normalized spacial score (nSPS) is 11.5. The van der Waals surface area contributed by atoms with Gasteiger partial charge in [-0.2, -0.15) is 0 Å². The van der Waals surface area contributed by atoms with Gasteiger partial charge in [-0.3, -0.25) is 14.4 Å². The van der Waals surface area contributed by atoms with E-state index in [4.69, 9.17) is 10.5 Å². The molecule has 0 aliphatic rings. The minimum Gasteiger partial charge on any atom is -0.454 e. The number of rotatable bonds is 9. The fourth-order valence-corrected chi connectivity index (χ4v) is 4.13. The minimum atomic E-state index is -1.01. The van der Waals surface area contributed by atoms with Gasteiger partial charge in [-0.05, 0) is 47.3 Å². The summed E-state index contributed by atoms with van der Waals surface area (Å²) in [5.74, 6) is -2.29. The van der Waals surface area contributed by atoms with Crippen LogP contribution < -0.4 is 16.4 Å². The van der Waals surface area contributed by atoms with Gasteiger partial charge in [-0.1, -0.05) is 24.3 Å². The topological polar surface area (TPSA) is 143 Å². The first-order valence-corrected chi connectivity index (χ1v) is 11.5. The van der Waals surface area contributed by atoms with Crippen LogP contribution in [0, 0.1) is 0 Å². The molecule has 0 aliphatic carbocycles. The number of carbonyl (C=O) groups is 4. The molecule has 0 bridgehead atoms. The van der Waals surface area contributed by atoms with E-state index in [1.54, 1.807) is 23.7 Å². The number of aromatic nitrogens is 1. The van der Waals surface area contributed by atoms with E-state index in [0.717, 1.165) is 16.5 Å². The molecule has 0 unspecified atom stereocenters. The molecule has 5 N–H and O–H groups in total. The van der Waals surface area contributed by atoms with Crippen LogP contribution in [-0.2, 0) is 20.7 Å². The number of nitrogens with one attached hydrogen (secondary N) is 3. The van der Waals surface area contributed by atoms with Crippen molar-refractivity contribution in [3.05, 3.63) is 88.2 Å². The van der Waals surface area contributed by atoms with E-state index in [9.17, 15) is 19.2 Å². The smallest absolute Gasteiger partial charge is 0.329 e. The average molecular weight is 491 g/mol. The summed E-state index contributed by atoms with van der Waals surface area (Å²) in [5, 5.41) is 7.99. The molecule has 9 nitrogen and oxygen atoms in total. The Hall–Kier alpha value is -4.44. The maximum absolute atomic E-state index is 12.9. The fourth-order valence-electron chi connectivity index (χ4n) is 3.50. The second kappa shape index (κ2) is 10.7. The predicted molar refractivity (Wildman–Crippen MR) is 132 cm³/mol. The lowest BCUT2D eigenvalue weighted by molar-refractivity contribution is -0.149. The Morgan fingerprint density at radius 3 is 2.49 bits per heavy atom. The van der Waals surface area contributed by atoms with Crippen LogP contribution in [0.4, 0.5) is 5.69 Å². The summed E-state index contributed by atoms with van der Waals surface area (Å²) in [6, 6.07) is 16.0. The van der Waals surface area contributed by atoms with Crippen LogP contribution in [0.25, 0.3) is 10.9 Å². The Kier molecular flexibility index (Phi) is 7.22. The molecule has 1 atom stereocenters. The van der Waals surface area contributed by atoms with Crippen molar-refractivity contribution in [1.82, 2.24) is 10.3 Å². The van der Waals surface area contributed by atoms with Crippen LogP contribution >= 0.6 is 11.3 Å². The SMILES string of the molecule is NC(=O)c1ccc(NC(=O)COC(=O)[C@@H](Cc2c[nH]c3ccccc23)NC(=O)c2cccs2)cc1. The van der Waals surface area contributed by atoms with Crippen molar-refractivity contribution >= 4 is 51.6 Å². The first-order chi connectivity index (χ1) is 16.9. The number of primary amides is 1. The van der Waals surface area contributed by atoms with E-state index in [1.165, 1.54) is 35.6 Å². The van der Waals surface area contributed by atoms with E-state index in [-0.39, 0.29) is 6.42 Å². The number of aromatic amines is 1. The van der Waals surface area contributed by atoms with Gasteiger partial charge < -0.3 is 26.1 Å². The van der Waals surface area contributed by atoms with E-state index in [0.29, 0.717) is 16.1 Å². The van der Waals surface area contributed by atoms with Crippen molar-refractivity contribution in [3.8, 4) is 0 Å². The zero-order valence-electron chi connectivity index (χ0n) is 18.4. The Morgan fingerprint density at radius 1 is 1.00 bits per heavy atom. The highest BCUT2D eigenvalue weighted by molar-refractivity contribution is 7.12. The number of anilines is 1. The standard InChI is InChI=1S/C25H22N4O5S/c26-23(31)15-7-9-17(10-8-15)28-22(30)14-34-25(33)20(29-24(32)21-6-3-11-35-21)12-16-13-27-19-5-2-1-4-18(16)19/h1-11,13,20,27H,12,14H2,(H2,26,31)(H,28,30)(H,29,32)/t20-/m1/s1. The molecular formula is C25H22N4O5S. The Bertz CT molecular complexity index is 1360. The summed E-state index contributed by atoms with van der Waals surface area (Å²) in [7, 11) is 0. The number of carbonyl (C=O) groups excluding carboxylic acids is 4. The van der Waals surface area contributed by atoms with Crippen LogP contribution in [0.1, 0.15) is 25.6 Å². The van der Waals surface area contributed by atoms with Crippen LogP contribution in [-0.4, -0.2) is 41.3 Å². The molecular weight excluding hydrogens is 468 g/mol. The Morgan fingerprint density at radius 2 is 1.77 bits per heavy atom. The van der Waals surface area contributed by atoms with Gasteiger partial charge in [0.25, 0.3) is 11.8 Å². The summed E-state index contributed by atoms with van der Waals surface area (Å²) >= 11 is 1.25. The van der Waals surface area contributed by atoms with E-state index in [1.807, 2.05) is 24.3 Å². The summed E-state index contributed by atoms with van der Waals surface area (Å²) < 4.78 is 5.23. The van der Waals surface area contributed by atoms with Gasteiger partial charge >= 0.3 is 5.97 Å². The number of amides is 3. The molecule has 4 aromatic rings. The number of fused-ring (bicyclic) bond motifs is 1. The summed E-state index contributed by atoms with van der Waals surface area (Å²) in [6.45, 7) is -0.546. The number of H-pyrrole nitrogens is 1. The molecule has 0 fully saturated rings. The Balaban J connectivity index is 1.42. The third-order valence-electron chi connectivity index (χ3n) is 5.23. The van der Waals surface area contributed by atoms with Crippen molar-refractivity contribution in [3.63, 3.8) is 0 Å². The van der Waals surface area contributed by atoms with Crippen LogP contribution in [0.15, 0.2) is 72.2 Å². The molecule has 0 saturated heterocycles. The first-order valence-electron chi connectivity index (χ1n) is 10.7. The predicted octanol–water partition coefficient (Wildman–Crippen LogP) is 2.85. The second-order valence-corrected chi connectivity index (χ2v) is 8.61. The highest BCUT2D eigenvalue weighted by Gasteiger charge is 2.25. The minimum absolute atomic E-state index is 0.177. The Labute approximate surface area is 204 Å². The third-order valence-corrected chi connectivity index (χ3v) is 6.10. The quantitative estimate of drug-likeness (QED) is 0.267. The lowest BCUT2D eigenvalue weighted by Gasteiger charge is -2.17. The molecule has 178 valence electrons. The van der Waals surface area contributed by atoms with Gasteiger partial charge in [0, 0.05) is 34.8 Å². The number of esters is 1. The van der Waals surface area contributed by atoms with Crippen LogP contribution in [0.3, 0.4) is 0 Å². The van der Waals surface area contributed by atoms with Gasteiger partial charge in [0.15, 0.2) is 6.61 Å². The van der Waals surface area contributed by atoms with E-state index < -0.39 is 36.3 Å². The number of thiophene rings is 1. The molecule has 2 aromatic heterocycles. The molecule has 2 heterocycles. The van der Waals surface area contributed by atoms with Crippen molar-refractivity contribution < 1.29 is 23.9 Å². The number of para-hydroxylation sites is 1. The summed E-state index contributed by atoms with van der Waals surface area (Å²) in [4.78, 5) is 52.6. The highest BCUT2D eigenvalue weighted by Crippen LogP contribution is 2.20. The highest BCUT2D eigenvalue weighted by atomic mass is 32.1. The molecule has 2 aromatic carbocycles. The summed E-state index contributed by atoms with van der Waals surface area (Å²) in [6.07, 6.45) is 1.96. The zero-order chi connectivity index (χ0) is 24.8. The lowest BCUT2D eigenvalue weighted by atomic mass is 10.0. The molecule has 4 rings (SSSR count). The van der Waals surface area contributed by atoms with E-state index in [2.05, 4.69) is 15.6 Å². The first kappa shape index (κ1) is 23.7. The molecule has 10 heteroatoms. The average Bonchev–Trinajstić information content (AvgIpc) is 3.53. The van der Waals surface area contributed by atoms with Crippen molar-refractivity contribution in [2.45, 2.75) is 12.5 Å². The van der Waals surface area contributed by atoms with Crippen molar-refractivity contribution in [2.75, 3.05) is 11.9 Å². The largest absolute Gasteiger partial charge is 0.454 e. The van der Waals surface area contributed by atoms with Gasteiger partial charge in [0.05, 0.1) is 4.88 Å². The molecule has 3 amide bonds. The van der Waals surface area contributed by atoms with Crippen LogP contribution in [0.2, 0.25) is 0 Å². The molecule has 0 spiro atoms. The number of hydrogen-bond donors (Lipinski definition) is 4. The number of hydrogen-bond acceptors (Lipinski definition) is 6. The number of nitrogens with two attached hydrogens (primary N) is 1. The van der Waals surface area contributed by atoms with Crippen molar-refractivity contribution in [1.29, 1.82) is 0 Å². The van der Waals surface area contributed by atoms with Crippen molar-refractivity contribution in [2.24, 2.45) is 5.73 Å². The van der Waals surface area contributed by atoms with E-state index >= 15 is 0 Å². The van der Waals surface area contributed by atoms with Crippen LogP contribution in [0.5, 0.6) is 0 Å². The molecule has 0 radical (unpaired) electrons. The zero-order valence-corrected chi connectivity index (χ0v) is 19.3. The van der Waals surface area contributed by atoms with Gasteiger partial charge in [-0.25, -0.2) is 4.79 Å². The molecule has 0 aliphatic heterocycles. The van der Waals surface area contributed by atoms with Gasteiger partial charge in [0.2, 0.25) is 5.91 Å².